The van der Waals surface area contributed by atoms with Crippen molar-refractivity contribution in [3.05, 3.63) is 66.0 Å². The van der Waals surface area contributed by atoms with Gasteiger partial charge in [0.1, 0.15) is 0 Å². The maximum absolute atomic E-state index is 13.0. The Morgan fingerprint density at radius 2 is 1.84 bits per heavy atom. The molecule has 2 atom stereocenters. The predicted molar refractivity (Wildman–Crippen MR) is 117 cm³/mol. The minimum atomic E-state index is -0.424. The zero-order valence-corrected chi connectivity index (χ0v) is 18.0. The monoisotopic (exact) mass is 436 g/mol. The van der Waals surface area contributed by atoms with Crippen molar-refractivity contribution in [1.29, 1.82) is 0 Å². The fourth-order valence-electron chi connectivity index (χ4n) is 4.11. The highest BCUT2D eigenvalue weighted by molar-refractivity contribution is 5.91. The summed E-state index contributed by atoms with van der Waals surface area (Å²) in [5, 5.41) is 2.70. The molecule has 0 saturated carbocycles. The average Bonchev–Trinajstić information content (AvgIpc) is 3.19. The number of nitrogens with one attached hydrogen (secondary N) is 1. The quantitative estimate of drug-likeness (QED) is 0.700. The van der Waals surface area contributed by atoms with Crippen LogP contribution in [0.4, 0.5) is 0 Å². The third-order valence-corrected chi connectivity index (χ3v) is 5.91. The highest BCUT2D eigenvalue weighted by Crippen LogP contribution is 2.18. The van der Waals surface area contributed by atoms with E-state index < -0.39 is 5.92 Å². The first-order valence-corrected chi connectivity index (χ1v) is 11.0. The number of pyridine rings is 1. The number of aromatic nitrogens is 1. The van der Waals surface area contributed by atoms with Crippen molar-refractivity contribution in [1.82, 2.24) is 20.1 Å². The zero-order chi connectivity index (χ0) is 22.3. The average molecular weight is 437 g/mol. The van der Waals surface area contributed by atoms with Crippen molar-refractivity contribution in [2.24, 2.45) is 5.92 Å². The van der Waals surface area contributed by atoms with Crippen LogP contribution in [0, 0.1) is 5.92 Å². The summed E-state index contributed by atoms with van der Waals surface area (Å²) >= 11 is 0. The summed E-state index contributed by atoms with van der Waals surface area (Å²) in [6.45, 7) is 2.00. The second-order valence-corrected chi connectivity index (χ2v) is 8.29. The predicted octanol–water partition coefficient (Wildman–Crippen LogP) is 1.02. The van der Waals surface area contributed by atoms with Gasteiger partial charge in [0.2, 0.25) is 17.7 Å². The van der Waals surface area contributed by atoms with E-state index in [1.165, 1.54) is 0 Å². The van der Waals surface area contributed by atoms with Crippen LogP contribution < -0.4 is 5.32 Å². The number of carbonyl (C=O) groups excluding carboxylic acids is 3. The minimum Gasteiger partial charge on any atom is -0.370 e. The van der Waals surface area contributed by atoms with Crippen LogP contribution in [0.1, 0.15) is 17.5 Å². The van der Waals surface area contributed by atoms with Gasteiger partial charge in [-0.25, -0.2) is 0 Å². The van der Waals surface area contributed by atoms with E-state index >= 15 is 0 Å². The molecule has 0 unspecified atom stereocenters. The molecule has 3 heterocycles. The summed E-state index contributed by atoms with van der Waals surface area (Å²) < 4.78 is 6.15. The Hall–Kier alpha value is -3.26. The number of amides is 3. The molecule has 8 nitrogen and oxygen atoms in total. The van der Waals surface area contributed by atoms with Crippen LogP contribution in [-0.2, 0) is 32.1 Å². The third kappa shape index (κ3) is 5.70. The molecule has 4 rings (SSSR count). The van der Waals surface area contributed by atoms with E-state index in [2.05, 4.69) is 10.3 Å². The van der Waals surface area contributed by atoms with Gasteiger partial charge in [-0.3, -0.25) is 19.4 Å². The minimum absolute atomic E-state index is 0.00737. The van der Waals surface area contributed by atoms with Crippen molar-refractivity contribution in [2.75, 3.05) is 32.7 Å². The summed E-state index contributed by atoms with van der Waals surface area (Å²) in [6, 6.07) is 13.8. The zero-order valence-electron chi connectivity index (χ0n) is 18.0. The lowest BCUT2D eigenvalue weighted by atomic mass is 10.1. The number of benzene rings is 1. The van der Waals surface area contributed by atoms with Gasteiger partial charge < -0.3 is 19.9 Å². The number of carbonyl (C=O) groups is 3. The molecule has 0 radical (unpaired) electrons. The van der Waals surface area contributed by atoms with E-state index in [0.29, 0.717) is 32.8 Å². The van der Waals surface area contributed by atoms with E-state index in [9.17, 15) is 14.4 Å². The van der Waals surface area contributed by atoms with Crippen LogP contribution >= 0.6 is 0 Å². The number of nitrogens with zero attached hydrogens (tertiary/aromatic N) is 3. The lowest BCUT2D eigenvalue weighted by Crippen LogP contribution is -2.43. The van der Waals surface area contributed by atoms with Crippen LogP contribution in [0.2, 0.25) is 0 Å². The maximum atomic E-state index is 13.0. The molecule has 1 aromatic heterocycles. The highest BCUT2D eigenvalue weighted by Gasteiger charge is 2.36. The fourth-order valence-corrected chi connectivity index (χ4v) is 4.11. The van der Waals surface area contributed by atoms with Gasteiger partial charge in [0.05, 0.1) is 25.2 Å². The number of hydrogen-bond donors (Lipinski definition) is 1. The first kappa shape index (κ1) is 22.0. The first-order chi connectivity index (χ1) is 15.6. The SMILES string of the molecule is O=C1C[C@@H](C(=O)N2CC(=O)N(CCc3ccccc3)C[C@H](OCc3ccncc3)C2)CN1. The number of hydrogen-bond acceptors (Lipinski definition) is 5. The van der Waals surface area contributed by atoms with Gasteiger partial charge in [-0.05, 0) is 29.7 Å². The Bertz CT molecular complexity index is 938. The van der Waals surface area contributed by atoms with Gasteiger partial charge >= 0.3 is 0 Å². The molecule has 2 aliphatic rings. The Kier molecular flexibility index (Phi) is 7.11. The lowest BCUT2D eigenvalue weighted by molar-refractivity contribution is -0.141. The Balaban J connectivity index is 1.45. The summed E-state index contributed by atoms with van der Waals surface area (Å²) in [5.74, 6) is -0.813. The van der Waals surface area contributed by atoms with Crippen molar-refractivity contribution in [2.45, 2.75) is 25.6 Å². The molecule has 3 amide bonds. The largest absolute Gasteiger partial charge is 0.370 e. The van der Waals surface area contributed by atoms with E-state index in [1.54, 1.807) is 22.2 Å². The number of ether oxygens (including phenoxy) is 1. The number of rotatable bonds is 7. The molecule has 2 aromatic rings. The molecule has 1 N–H and O–H groups in total. The smallest absolute Gasteiger partial charge is 0.242 e. The molecular weight excluding hydrogens is 408 g/mol. The molecule has 2 aliphatic heterocycles. The van der Waals surface area contributed by atoms with E-state index in [0.717, 1.165) is 17.5 Å². The van der Waals surface area contributed by atoms with Crippen LogP contribution in [0.25, 0.3) is 0 Å². The lowest BCUT2D eigenvalue weighted by Gasteiger charge is -2.26. The third-order valence-electron chi connectivity index (χ3n) is 5.91. The Morgan fingerprint density at radius 3 is 2.56 bits per heavy atom. The van der Waals surface area contributed by atoms with Crippen LogP contribution in [-0.4, -0.2) is 71.3 Å². The van der Waals surface area contributed by atoms with Crippen molar-refractivity contribution < 1.29 is 19.1 Å². The van der Waals surface area contributed by atoms with Crippen LogP contribution in [0.15, 0.2) is 54.9 Å². The second-order valence-electron chi connectivity index (χ2n) is 8.29. The normalized spacial score (nSPS) is 21.4. The summed E-state index contributed by atoms with van der Waals surface area (Å²) in [7, 11) is 0. The Morgan fingerprint density at radius 1 is 1.06 bits per heavy atom. The van der Waals surface area contributed by atoms with Crippen molar-refractivity contribution in [3.63, 3.8) is 0 Å². The van der Waals surface area contributed by atoms with Gasteiger partial charge in [-0.15, -0.1) is 0 Å². The molecule has 2 saturated heterocycles. The fraction of sp³-hybridized carbons (Fsp3) is 0.417. The molecule has 0 spiro atoms. The van der Waals surface area contributed by atoms with Gasteiger partial charge in [-0.1, -0.05) is 30.3 Å². The molecule has 168 valence electrons. The first-order valence-electron chi connectivity index (χ1n) is 11.0. The van der Waals surface area contributed by atoms with Crippen LogP contribution in [0.3, 0.4) is 0 Å². The van der Waals surface area contributed by atoms with Gasteiger partial charge in [0, 0.05) is 45.0 Å². The molecule has 2 fully saturated rings. The molecule has 0 aliphatic carbocycles. The van der Waals surface area contributed by atoms with Gasteiger partial charge in [-0.2, -0.15) is 0 Å². The van der Waals surface area contributed by atoms with Gasteiger partial charge in [0.15, 0.2) is 0 Å². The topological polar surface area (TPSA) is 91.8 Å². The second kappa shape index (κ2) is 10.4. The van der Waals surface area contributed by atoms with Crippen molar-refractivity contribution in [3.8, 4) is 0 Å². The van der Waals surface area contributed by atoms with Crippen molar-refractivity contribution >= 4 is 17.7 Å². The summed E-state index contributed by atoms with van der Waals surface area (Å²) in [5.41, 5.74) is 2.14. The maximum Gasteiger partial charge on any atom is 0.242 e. The molecule has 32 heavy (non-hydrogen) atoms. The van der Waals surface area contributed by atoms with E-state index in [4.69, 9.17) is 4.74 Å². The molecule has 8 heteroatoms. The Labute approximate surface area is 187 Å². The molecule has 1 aromatic carbocycles. The summed E-state index contributed by atoms with van der Waals surface area (Å²) in [6.07, 6.45) is 4.00. The van der Waals surface area contributed by atoms with E-state index in [1.807, 2.05) is 42.5 Å². The molecular formula is C24H28N4O4. The van der Waals surface area contributed by atoms with Gasteiger partial charge in [0.25, 0.3) is 0 Å². The highest BCUT2D eigenvalue weighted by atomic mass is 16.5. The standard InChI is InChI=1S/C24H28N4O4/c29-22-12-20(13-26-22)24(31)28-15-21(32-17-19-6-9-25-10-7-19)14-27(23(30)16-28)11-8-18-4-2-1-3-5-18/h1-7,9-10,20-21H,8,11-17H2,(H,26,29)/t20-,21+/m1/s1. The molecule has 0 bridgehead atoms. The summed E-state index contributed by atoms with van der Waals surface area (Å²) in [4.78, 5) is 45.0. The van der Waals surface area contributed by atoms with E-state index in [-0.39, 0.29) is 36.8 Å². The van der Waals surface area contributed by atoms with Crippen LogP contribution in [0.5, 0.6) is 0 Å².